The summed E-state index contributed by atoms with van der Waals surface area (Å²) in [4.78, 5) is 34.2. The predicted octanol–water partition coefficient (Wildman–Crippen LogP) is 3.56. The Morgan fingerprint density at radius 2 is 1.85 bits per heavy atom. The molecule has 33 heavy (non-hydrogen) atoms. The Labute approximate surface area is 198 Å². The van der Waals surface area contributed by atoms with E-state index in [4.69, 9.17) is 4.74 Å². The molecular weight excluding hydrogens is 436 g/mol. The van der Waals surface area contributed by atoms with Crippen molar-refractivity contribution in [2.75, 3.05) is 32.8 Å². The van der Waals surface area contributed by atoms with Crippen molar-refractivity contribution < 1.29 is 9.53 Å². The number of thiazole rings is 1. The molecule has 0 aliphatic carbocycles. The molecule has 0 atom stereocenters. The number of carbonyl (C=O) groups excluding carboxylic acids is 1. The van der Waals surface area contributed by atoms with Gasteiger partial charge in [0.25, 0.3) is 5.56 Å². The van der Waals surface area contributed by atoms with Crippen LogP contribution in [-0.4, -0.2) is 57.9 Å². The van der Waals surface area contributed by atoms with Gasteiger partial charge >= 0.3 is 0 Å². The zero-order chi connectivity index (χ0) is 23.4. The molecule has 7 nitrogen and oxygen atoms in total. The molecule has 0 unspecified atom stereocenters. The second kappa shape index (κ2) is 10.1. The number of carbonyl (C=O) groups is 1. The van der Waals surface area contributed by atoms with Gasteiger partial charge in [-0.2, -0.15) is 0 Å². The van der Waals surface area contributed by atoms with Crippen LogP contribution in [0.2, 0.25) is 0 Å². The summed E-state index contributed by atoms with van der Waals surface area (Å²) < 4.78 is 7.38. The Hall–Kier alpha value is -2.71. The van der Waals surface area contributed by atoms with Gasteiger partial charge in [-0.15, -0.1) is 11.3 Å². The second-order valence-electron chi connectivity index (χ2n) is 9.52. The molecule has 1 aromatic carbocycles. The second-order valence-corrected chi connectivity index (χ2v) is 10.4. The largest absolute Gasteiger partial charge is 0.494 e. The lowest BCUT2D eigenvalue weighted by Gasteiger charge is -2.34. The molecular formula is C25H32N4O3S. The number of hydrogen-bond donors (Lipinski definition) is 0. The standard InChI is InChI=1S/C25H32N4O3S/c1-25(2,3)19-6-8-21(9-7-19)32-15-4-5-22(30)28-12-10-27(11-13-28)18-20-17-23(31)29-14-16-33-24(29)26-20/h6-9,14,16-17H,4-5,10-13,15,18H2,1-3H3. The molecule has 3 heterocycles. The average molecular weight is 469 g/mol. The van der Waals surface area contributed by atoms with Crippen LogP contribution in [-0.2, 0) is 16.8 Å². The number of rotatable bonds is 7. The van der Waals surface area contributed by atoms with Gasteiger partial charge in [-0.1, -0.05) is 32.9 Å². The lowest BCUT2D eigenvalue weighted by Crippen LogP contribution is -2.48. The Kier molecular flexibility index (Phi) is 7.14. The molecule has 1 saturated heterocycles. The summed E-state index contributed by atoms with van der Waals surface area (Å²) in [6.07, 6.45) is 2.94. The van der Waals surface area contributed by atoms with E-state index in [-0.39, 0.29) is 16.9 Å². The number of ether oxygens (including phenoxy) is 1. The Morgan fingerprint density at radius 3 is 2.55 bits per heavy atom. The van der Waals surface area contributed by atoms with E-state index in [1.54, 1.807) is 16.7 Å². The molecule has 0 spiro atoms. The van der Waals surface area contributed by atoms with Crippen LogP contribution in [0.4, 0.5) is 0 Å². The molecule has 1 aliphatic rings. The SMILES string of the molecule is CC(C)(C)c1ccc(OCCCC(=O)N2CCN(Cc3cc(=O)n4ccsc4n3)CC2)cc1. The number of aromatic nitrogens is 2. The van der Waals surface area contributed by atoms with Crippen LogP contribution in [0.5, 0.6) is 5.75 Å². The molecule has 0 radical (unpaired) electrons. The van der Waals surface area contributed by atoms with E-state index in [1.165, 1.54) is 16.9 Å². The summed E-state index contributed by atoms with van der Waals surface area (Å²) in [6, 6.07) is 9.81. The minimum Gasteiger partial charge on any atom is -0.494 e. The number of fused-ring (bicyclic) bond motifs is 1. The van der Waals surface area contributed by atoms with Crippen molar-refractivity contribution in [3.63, 3.8) is 0 Å². The van der Waals surface area contributed by atoms with Crippen molar-refractivity contribution in [3.05, 3.63) is 63.5 Å². The van der Waals surface area contributed by atoms with Gasteiger partial charge < -0.3 is 9.64 Å². The molecule has 2 aromatic heterocycles. The van der Waals surface area contributed by atoms with Gasteiger partial charge in [0.1, 0.15) is 5.75 Å². The van der Waals surface area contributed by atoms with Gasteiger partial charge in [-0.05, 0) is 29.5 Å². The fraction of sp³-hybridized carbons (Fsp3) is 0.480. The summed E-state index contributed by atoms with van der Waals surface area (Å²) in [6.45, 7) is 10.7. The fourth-order valence-corrected chi connectivity index (χ4v) is 4.71. The number of amides is 1. The highest BCUT2D eigenvalue weighted by atomic mass is 32.1. The maximum atomic E-state index is 12.6. The third-order valence-electron chi connectivity index (χ3n) is 5.99. The topological polar surface area (TPSA) is 67.2 Å². The Bertz CT molecular complexity index is 1140. The van der Waals surface area contributed by atoms with Gasteiger partial charge in [-0.25, -0.2) is 4.98 Å². The van der Waals surface area contributed by atoms with E-state index in [1.807, 2.05) is 22.4 Å². The van der Waals surface area contributed by atoms with E-state index >= 15 is 0 Å². The van der Waals surface area contributed by atoms with Crippen molar-refractivity contribution >= 4 is 22.2 Å². The van der Waals surface area contributed by atoms with Crippen LogP contribution in [0.15, 0.2) is 46.7 Å². The summed E-state index contributed by atoms with van der Waals surface area (Å²) in [5.41, 5.74) is 2.15. The van der Waals surface area contributed by atoms with Gasteiger partial charge in [-0.3, -0.25) is 18.9 Å². The molecule has 176 valence electrons. The lowest BCUT2D eigenvalue weighted by molar-refractivity contribution is -0.133. The summed E-state index contributed by atoms with van der Waals surface area (Å²) in [5, 5.41) is 1.87. The number of piperazine rings is 1. The van der Waals surface area contributed by atoms with Gasteiger partial charge in [0.15, 0.2) is 4.96 Å². The zero-order valence-electron chi connectivity index (χ0n) is 19.6. The fourth-order valence-electron chi connectivity index (χ4n) is 3.98. The monoisotopic (exact) mass is 468 g/mol. The summed E-state index contributed by atoms with van der Waals surface area (Å²) in [5.74, 6) is 1.02. The van der Waals surface area contributed by atoms with Crippen LogP contribution in [0.3, 0.4) is 0 Å². The van der Waals surface area contributed by atoms with Crippen molar-refractivity contribution in [1.29, 1.82) is 0 Å². The van der Waals surface area contributed by atoms with Crippen LogP contribution in [0.25, 0.3) is 4.96 Å². The molecule has 0 saturated carbocycles. The average Bonchev–Trinajstić information content (AvgIpc) is 3.26. The molecule has 8 heteroatoms. The van der Waals surface area contributed by atoms with E-state index in [9.17, 15) is 9.59 Å². The van der Waals surface area contributed by atoms with E-state index in [0.717, 1.165) is 29.5 Å². The first kappa shape index (κ1) is 23.4. The van der Waals surface area contributed by atoms with E-state index < -0.39 is 0 Å². The first-order valence-corrected chi connectivity index (χ1v) is 12.4. The predicted molar refractivity (Wildman–Crippen MR) is 131 cm³/mol. The highest BCUT2D eigenvalue weighted by Crippen LogP contribution is 2.24. The van der Waals surface area contributed by atoms with Crippen LogP contribution in [0, 0.1) is 0 Å². The van der Waals surface area contributed by atoms with Crippen molar-refractivity contribution in [3.8, 4) is 5.75 Å². The van der Waals surface area contributed by atoms with Crippen LogP contribution < -0.4 is 10.3 Å². The van der Waals surface area contributed by atoms with Crippen molar-refractivity contribution in [1.82, 2.24) is 19.2 Å². The van der Waals surface area contributed by atoms with E-state index in [2.05, 4.69) is 42.8 Å². The number of hydrogen-bond acceptors (Lipinski definition) is 6. The lowest BCUT2D eigenvalue weighted by atomic mass is 9.87. The summed E-state index contributed by atoms with van der Waals surface area (Å²) in [7, 11) is 0. The Morgan fingerprint density at radius 1 is 1.12 bits per heavy atom. The normalized spacial score (nSPS) is 15.2. The number of benzene rings is 1. The van der Waals surface area contributed by atoms with Gasteiger partial charge in [0.2, 0.25) is 5.91 Å². The molecule has 3 aromatic rings. The molecule has 1 amide bonds. The van der Waals surface area contributed by atoms with Crippen LogP contribution >= 0.6 is 11.3 Å². The molecule has 0 N–H and O–H groups in total. The minimum absolute atomic E-state index is 0.0440. The quantitative estimate of drug-likeness (QED) is 0.496. The first-order valence-electron chi connectivity index (χ1n) is 11.5. The number of nitrogens with zero attached hydrogens (tertiary/aromatic N) is 4. The van der Waals surface area contributed by atoms with Gasteiger partial charge in [0.05, 0.1) is 12.3 Å². The smallest absolute Gasteiger partial charge is 0.258 e. The highest BCUT2D eigenvalue weighted by molar-refractivity contribution is 7.15. The Balaban J connectivity index is 1.17. The maximum absolute atomic E-state index is 12.6. The molecule has 1 fully saturated rings. The molecule has 4 rings (SSSR count). The zero-order valence-corrected chi connectivity index (χ0v) is 20.4. The first-order chi connectivity index (χ1) is 15.8. The van der Waals surface area contributed by atoms with Crippen molar-refractivity contribution in [2.24, 2.45) is 0 Å². The van der Waals surface area contributed by atoms with E-state index in [0.29, 0.717) is 39.1 Å². The summed E-state index contributed by atoms with van der Waals surface area (Å²) >= 11 is 1.46. The highest BCUT2D eigenvalue weighted by Gasteiger charge is 2.21. The van der Waals surface area contributed by atoms with Crippen LogP contribution in [0.1, 0.15) is 44.9 Å². The minimum atomic E-state index is -0.0440. The molecule has 0 bridgehead atoms. The van der Waals surface area contributed by atoms with Crippen molar-refractivity contribution in [2.45, 2.75) is 45.6 Å². The third-order valence-corrected chi connectivity index (χ3v) is 6.75. The van der Waals surface area contributed by atoms with Gasteiger partial charge in [0, 0.05) is 56.8 Å². The molecule has 1 aliphatic heterocycles. The maximum Gasteiger partial charge on any atom is 0.258 e. The third kappa shape index (κ3) is 6.00.